The van der Waals surface area contributed by atoms with E-state index in [0.29, 0.717) is 35.4 Å². The minimum atomic E-state index is -0.411. The number of nitrogens with one attached hydrogen (secondary N) is 1. The van der Waals surface area contributed by atoms with Gasteiger partial charge in [-0.3, -0.25) is 10.1 Å². The molecule has 0 amide bonds. The molecule has 1 aliphatic heterocycles. The fourth-order valence-corrected chi connectivity index (χ4v) is 4.65. The number of nitro benzene ring substituents is 1. The SMILES string of the molecule is CCOc1ccccc1Nc1nnc(SCc2cc([N+](=O)[O-])cc3c2OCOC3)s1. The van der Waals surface area contributed by atoms with E-state index in [-0.39, 0.29) is 12.5 Å². The summed E-state index contributed by atoms with van der Waals surface area (Å²) in [6, 6.07) is 10.6. The van der Waals surface area contributed by atoms with Gasteiger partial charge in [0, 0.05) is 29.0 Å². The maximum Gasteiger partial charge on any atom is 0.270 e. The third-order valence-electron chi connectivity index (χ3n) is 4.17. The summed E-state index contributed by atoms with van der Waals surface area (Å²) in [5.41, 5.74) is 2.25. The maximum atomic E-state index is 11.2. The third-order valence-corrected chi connectivity index (χ3v) is 6.19. The summed E-state index contributed by atoms with van der Waals surface area (Å²) < 4.78 is 17.2. The van der Waals surface area contributed by atoms with E-state index < -0.39 is 4.92 Å². The quantitative estimate of drug-likeness (QED) is 0.298. The first-order valence-electron chi connectivity index (χ1n) is 9.10. The normalized spacial score (nSPS) is 12.7. The second-order valence-electron chi connectivity index (χ2n) is 6.18. The molecule has 2 heterocycles. The molecule has 0 saturated heterocycles. The average molecular weight is 447 g/mol. The van der Waals surface area contributed by atoms with Crippen LogP contribution in [0.3, 0.4) is 0 Å². The summed E-state index contributed by atoms with van der Waals surface area (Å²) >= 11 is 2.84. The van der Waals surface area contributed by atoms with Crippen molar-refractivity contribution in [2.75, 3.05) is 18.7 Å². The highest BCUT2D eigenvalue weighted by molar-refractivity contribution is 8.00. The number of fused-ring (bicyclic) bond motifs is 1. The van der Waals surface area contributed by atoms with Crippen LogP contribution in [-0.2, 0) is 17.1 Å². The molecule has 2 aromatic carbocycles. The van der Waals surface area contributed by atoms with Gasteiger partial charge in [-0.05, 0) is 19.1 Å². The molecule has 3 aromatic rings. The first-order valence-corrected chi connectivity index (χ1v) is 10.9. The summed E-state index contributed by atoms with van der Waals surface area (Å²) in [6.45, 7) is 2.92. The van der Waals surface area contributed by atoms with Crippen LogP contribution in [0, 0.1) is 10.1 Å². The van der Waals surface area contributed by atoms with Crippen LogP contribution in [0.4, 0.5) is 16.5 Å². The lowest BCUT2D eigenvalue weighted by Crippen LogP contribution is -2.13. The molecule has 1 N–H and O–H groups in total. The Balaban J connectivity index is 1.48. The van der Waals surface area contributed by atoms with Crippen LogP contribution in [0.25, 0.3) is 0 Å². The highest BCUT2D eigenvalue weighted by atomic mass is 32.2. The molecule has 0 fully saturated rings. The Morgan fingerprint density at radius 1 is 1.33 bits per heavy atom. The van der Waals surface area contributed by atoms with Gasteiger partial charge in [-0.15, -0.1) is 10.2 Å². The van der Waals surface area contributed by atoms with Gasteiger partial charge in [-0.2, -0.15) is 0 Å². The van der Waals surface area contributed by atoms with Crippen LogP contribution in [0.2, 0.25) is 0 Å². The predicted molar refractivity (Wildman–Crippen MR) is 114 cm³/mol. The topological polar surface area (TPSA) is 109 Å². The van der Waals surface area contributed by atoms with Gasteiger partial charge in [-0.1, -0.05) is 35.2 Å². The first kappa shape index (κ1) is 20.4. The number of ether oxygens (including phenoxy) is 3. The Labute approximate surface area is 180 Å². The number of benzene rings is 2. The summed E-state index contributed by atoms with van der Waals surface area (Å²) in [5, 5.41) is 23.5. The van der Waals surface area contributed by atoms with E-state index in [1.54, 1.807) is 0 Å². The molecule has 0 bridgehead atoms. The van der Waals surface area contributed by atoms with Crippen molar-refractivity contribution < 1.29 is 19.1 Å². The lowest BCUT2D eigenvalue weighted by atomic mass is 10.1. The molecule has 11 heteroatoms. The highest BCUT2D eigenvalue weighted by Gasteiger charge is 2.21. The lowest BCUT2D eigenvalue weighted by molar-refractivity contribution is -0.385. The van der Waals surface area contributed by atoms with Gasteiger partial charge >= 0.3 is 0 Å². The second-order valence-corrected chi connectivity index (χ2v) is 8.38. The minimum absolute atomic E-state index is 0.0191. The van der Waals surface area contributed by atoms with E-state index in [1.165, 1.54) is 35.2 Å². The average Bonchev–Trinajstić information content (AvgIpc) is 3.20. The molecule has 30 heavy (non-hydrogen) atoms. The number of aromatic nitrogens is 2. The number of para-hydroxylation sites is 2. The fourth-order valence-electron chi connectivity index (χ4n) is 2.92. The van der Waals surface area contributed by atoms with E-state index >= 15 is 0 Å². The van der Waals surface area contributed by atoms with Crippen molar-refractivity contribution in [3.63, 3.8) is 0 Å². The number of non-ortho nitro benzene ring substituents is 1. The zero-order valence-electron chi connectivity index (χ0n) is 16.0. The van der Waals surface area contributed by atoms with Crippen LogP contribution in [0.15, 0.2) is 40.7 Å². The van der Waals surface area contributed by atoms with Crippen LogP contribution in [0.5, 0.6) is 11.5 Å². The molecular weight excluding hydrogens is 428 g/mol. The van der Waals surface area contributed by atoms with E-state index in [0.717, 1.165) is 21.3 Å². The number of rotatable bonds is 8. The van der Waals surface area contributed by atoms with Crippen LogP contribution in [0.1, 0.15) is 18.1 Å². The summed E-state index contributed by atoms with van der Waals surface area (Å²) in [6.07, 6.45) is 0. The summed E-state index contributed by atoms with van der Waals surface area (Å²) in [5.74, 6) is 1.86. The van der Waals surface area contributed by atoms with Gasteiger partial charge in [0.15, 0.2) is 11.1 Å². The van der Waals surface area contributed by atoms with Gasteiger partial charge in [0.2, 0.25) is 5.13 Å². The Bertz CT molecular complexity index is 1060. The smallest absolute Gasteiger partial charge is 0.270 e. The molecule has 0 spiro atoms. The molecular formula is C19H18N4O5S2. The van der Waals surface area contributed by atoms with Crippen molar-refractivity contribution in [1.82, 2.24) is 10.2 Å². The van der Waals surface area contributed by atoms with Crippen molar-refractivity contribution in [2.24, 2.45) is 0 Å². The Kier molecular flexibility index (Phi) is 6.31. The molecule has 9 nitrogen and oxygen atoms in total. The zero-order chi connectivity index (χ0) is 20.9. The predicted octanol–water partition coefficient (Wildman–Crippen LogP) is 4.75. The van der Waals surface area contributed by atoms with Gasteiger partial charge in [0.1, 0.15) is 11.5 Å². The molecule has 156 valence electrons. The fraction of sp³-hybridized carbons (Fsp3) is 0.263. The molecule has 0 atom stereocenters. The third kappa shape index (κ3) is 4.64. The zero-order valence-corrected chi connectivity index (χ0v) is 17.6. The highest BCUT2D eigenvalue weighted by Crippen LogP contribution is 2.38. The van der Waals surface area contributed by atoms with Gasteiger partial charge in [0.05, 0.1) is 23.8 Å². The number of anilines is 2. The van der Waals surface area contributed by atoms with E-state index in [2.05, 4.69) is 15.5 Å². The van der Waals surface area contributed by atoms with Gasteiger partial charge in [-0.25, -0.2) is 0 Å². The van der Waals surface area contributed by atoms with Crippen LogP contribution in [-0.4, -0.2) is 28.5 Å². The summed E-state index contributed by atoms with van der Waals surface area (Å²) in [7, 11) is 0. The number of hydrogen-bond donors (Lipinski definition) is 1. The molecule has 0 unspecified atom stereocenters. The largest absolute Gasteiger partial charge is 0.492 e. The minimum Gasteiger partial charge on any atom is -0.492 e. The van der Waals surface area contributed by atoms with Crippen molar-refractivity contribution in [2.45, 2.75) is 23.6 Å². The summed E-state index contributed by atoms with van der Waals surface area (Å²) in [4.78, 5) is 10.8. The van der Waals surface area contributed by atoms with E-state index in [1.807, 2.05) is 31.2 Å². The first-order chi connectivity index (χ1) is 14.6. The standard InChI is InChI=1S/C19H18N4O5S2/c1-2-27-16-6-4-3-5-15(16)20-18-21-22-19(30-18)29-10-13-8-14(23(24)25)7-12-9-26-11-28-17(12)13/h3-8H,2,9-11H2,1H3,(H,20,21). The second kappa shape index (κ2) is 9.28. The van der Waals surface area contributed by atoms with Crippen LogP contribution < -0.4 is 14.8 Å². The lowest BCUT2D eigenvalue weighted by Gasteiger charge is -2.20. The molecule has 0 saturated carbocycles. The van der Waals surface area contributed by atoms with Crippen LogP contribution >= 0.6 is 23.1 Å². The molecule has 0 radical (unpaired) electrons. The van der Waals surface area contributed by atoms with Crippen molar-refractivity contribution in [3.05, 3.63) is 57.6 Å². The number of thioether (sulfide) groups is 1. The molecule has 0 aliphatic carbocycles. The van der Waals surface area contributed by atoms with Crippen molar-refractivity contribution in [3.8, 4) is 11.5 Å². The van der Waals surface area contributed by atoms with Crippen molar-refractivity contribution in [1.29, 1.82) is 0 Å². The number of nitro groups is 1. The van der Waals surface area contributed by atoms with E-state index in [9.17, 15) is 10.1 Å². The number of nitrogens with zero attached hydrogens (tertiary/aromatic N) is 3. The molecule has 4 rings (SSSR count). The van der Waals surface area contributed by atoms with E-state index in [4.69, 9.17) is 14.2 Å². The monoisotopic (exact) mass is 446 g/mol. The Hall–Kier alpha value is -2.89. The Morgan fingerprint density at radius 3 is 3.03 bits per heavy atom. The number of hydrogen-bond acceptors (Lipinski definition) is 10. The molecule has 1 aliphatic rings. The van der Waals surface area contributed by atoms with Gasteiger partial charge in [0.25, 0.3) is 5.69 Å². The van der Waals surface area contributed by atoms with Gasteiger partial charge < -0.3 is 19.5 Å². The Morgan fingerprint density at radius 2 is 2.20 bits per heavy atom. The molecule has 1 aromatic heterocycles. The maximum absolute atomic E-state index is 11.2. The van der Waals surface area contributed by atoms with Crippen molar-refractivity contribution >= 4 is 39.6 Å².